The minimum Gasteiger partial charge on any atom is -0.508 e. The maximum Gasteiger partial charge on any atom is 0.256 e. The maximum absolute atomic E-state index is 13.9. The first-order valence-electron chi connectivity index (χ1n) is 7.58. The number of rotatable bonds is 2. The fourth-order valence-electron chi connectivity index (χ4n) is 3.00. The molecule has 0 unspecified atom stereocenters. The number of benzene rings is 2. The molecule has 0 saturated carbocycles. The van der Waals surface area contributed by atoms with Gasteiger partial charge in [-0.3, -0.25) is 4.79 Å². The van der Waals surface area contributed by atoms with E-state index in [0.29, 0.717) is 23.5 Å². The average molecular weight is 378 g/mol. The summed E-state index contributed by atoms with van der Waals surface area (Å²) >= 11 is 3.20. The van der Waals surface area contributed by atoms with E-state index in [0.717, 1.165) is 12.8 Å². The number of phenols is 1. The summed E-state index contributed by atoms with van der Waals surface area (Å²) in [4.78, 5) is 14.2. The summed E-state index contributed by atoms with van der Waals surface area (Å²) in [7, 11) is 0. The first-order valence-corrected chi connectivity index (χ1v) is 8.37. The topological polar surface area (TPSA) is 40.5 Å². The van der Waals surface area contributed by atoms with Gasteiger partial charge in [0.15, 0.2) is 0 Å². The number of nitrogens with zero attached hydrogens (tertiary/aromatic N) is 1. The Labute approximate surface area is 142 Å². The summed E-state index contributed by atoms with van der Waals surface area (Å²) in [5, 5.41) is 9.35. The predicted octanol–water partition coefficient (Wildman–Crippen LogP) is 4.31. The molecule has 0 atom stereocenters. The Bertz CT molecular complexity index is 709. The van der Waals surface area contributed by atoms with Crippen LogP contribution in [0.3, 0.4) is 0 Å². The largest absolute Gasteiger partial charge is 0.508 e. The Morgan fingerprint density at radius 2 is 1.78 bits per heavy atom. The van der Waals surface area contributed by atoms with Crippen molar-refractivity contribution in [1.29, 1.82) is 0 Å². The molecule has 1 fully saturated rings. The molecule has 5 heteroatoms. The van der Waals surface area contributed by atoms with E-state index < -0.39 is 5.82 Å². The van der Waals surface area contributed by atoms with Gasteiger partial charge in [0.05, 0.1) is 5.56 Å². The van der Waals surface area contributed by atoms with E-state index >= 15 is 0 Å². The highest BCUT2D eigenvalue weighted by molar-refractivity contribution is 9.10. The normalized spacial score (nSPS) is 15.7. The minimum absolute atomic E-state index is 0.122. The molecule has 1 aliphatic rings. The molecule has 0 bridgehead atoms. The van der Waals surface area contributed by atoms with Crippen molar-refractivity contribution >= 4 is 21.8 Å². The SMILES string of the molecule is O=C(c1ccc(Br)cc1F)N1CCC(c2ccc(O)cc2)CC1. The molecule has 1 amide bonds. The monoisotopic (exact) mass is 377 g/mol. The zero-order valence-corrected chi connectivity index (χ0v) is 14.1. The number of phenolic OH excluding ortho intramolecular Hbond substituents is 1. The fourth-order valence-corrected chi connectivity index (χ4v) is 3.33. The zero-order valence-electron chi connectivity index (χ0n) is 12.5. The van der Waals surface area contributed by atoms with E-state index in [1.807, 2.05) is 12.1 Å². The molecule has 2 aromatic rings. The van der Waals surface area contributed by atoms with E-state index in [2.05, 4.69) is 15.9 Å². The molecule has 3 nitrogen and oxygen atoms in total. The molecule has 1 heterocycles. The Balaban J connectivity index is 1.66. The first-order chi connectivity index (χ1) is 11.0. The summed E-state index contributed by atoms with van der Waals surface area (Å²) in [5.74, 6) is -0.120. The number of halogens is 2. The van der Waals surface area contributed by atoms with E-state index in [1.54, 1.807) is 23.1 Å². The highest BCUT2D eigenvalue weighted by Gasteiger charge is 2.26. The molecule has 0 aromatic heterocycles. The standard InChI is InChI=1S/C18H17BrFNO2/c19-14-3-6-16(17(20)11-14)18(23)21-9-7-13(8-10-21)12-1-4-15(22)5-2-12/h1-6,11,13,22H,7-10H2. The lowest BCUT2D eigenvalue weighted by molar-refractivity contribution is 0.0708. The van der Waals surface area contributed by atoms with Crippen molar-refractivity contribution in [2.45, 2.75) is 18.8 Å². The van der Waals surface area contributed by atoms with Crippen LogP contribution in [0.2, 0.25) is 0 Å². The van der Waals surface area contributed by atoms with Crippen molar-refractivity contribution in [2.75, 3.05) is 13.1 Å². The number of carbonyl (C=O) groups is 1. The van der Waals surface area contributed by atoms with Gasteiger partial charge >= 0.3 is 0 Å². The third-order valence-electron chi connectivity index (χ3n) is 4.31. The van der Waals surface area contributed by atoms with Crippen LogP contribution in [0.15, 0.2) is 46.9 Å². The Kier molecular flexibility index (Phi) is 4.66. The number of aromatic hydroxyl groups is 1. The molecule has 120 valence electrons. The number of hydrogen-bond donors (Lipinski definition) is 1. The molecule has 0 spiro atoms. The van der Waals surface area contributed by atoms with Gasteiger partial charge in [-0.15, -0.1) is 0 Å². The lowest BCUT2D eigenvalue weighted by atomic mass is 9.89. The van der Waals surface area contributed by atoms with Gasteiger partial charge in [-0.25, -0.2) is 4.39 Å². The number of amides is 1. The van der Waals surface area contributed by atoms with Gasteiger partial charge in [-0.05, 0) is 54.7 Å². The number of likely N-dealkylation sites (tertiary alicyclic amines) is 1. The van der Waals surface area contributed by atoms with Gasteiger partial charge in [0, 0.05) is 17.6 Å². The van der Waals surface area contributed by atoms with Crippen LogP contribution in [0.5, 0.6) is 5.75 Å². The average Bonchev–Trinajstić information content (AvgIpc) is 2.55. The summed E-state index contributed by atoms with van der Waals surface area (Å²) in [6.45, 7) is 1.22. The van der Waals surface area contributed by atoms with Crippen molar-refractivity contribution < 1.29 is 14.3 Å². The lowest BCUT2D eigenvalue weighted by Gasteiger charge is -2.32. The van der Waals surface area contributed by atoms with Gasteiger partial charge in [0.1, 0.15) is 11.6 Å². The Morgan fingerprint density at radius 1 is 1.13 bits per heavy atom. The lowest BCUT2D eigenvalue weighted by Crippen LogP contribution is -2.38. The van der Waals surface area contributed by atoms with Crippen LogP contribution >= 0.6 is 15.9 Å². The number of piperidine rings is 1. The molecule has 1 N–H and O–H groups in total. The summed E-state index contributed by atoms with van der Waals surface area (Å²) in [6, 6.07) is 11.7. The number of carbonyl (C=O) groups excluding carboxylic acids is 1. The van der Waals surface area contributed by atoms with Crippen LogP contribution in [0.1, 0.15) is 34.7 Å². The fraction of sp³-hybridized carbons (Fsp3) is 0.278. The minimum atomic E-state index is -0.495. The van der Waals surface area contributed by atoms with Crippen LogP contribution < -0.4 is 0 Å². The van der Waals surface area contributed by atoms with E-state index in [-0.39, 0.29) is 17.2 Å². The van der Waals surface area contributed by atoms with Gasteiger partial charge in [-0.2, -0.15) is 0 Å². The van der Waals surface area contributed by atoms with Gasteiger partial charge < -0.3 is 10.0 Å². The molecule has 0 aliphatic carbocycles. The predicted molar refractivity (Wildman–Crippen MR) is 90.1 cm³/mol. The van der Waals surface area contributed by atoms with Crippen LogP contribution in [0.25, 0.3) is 0 Å². The third-order valence-corrected chi connectivity index (χ3v) is 4.80. The van der Waals surface area contributed by atoms with Crippen LogP contribution in [-0.2, 0) is 0 Å². The van der Waals surface area contributed by atoms with Crippen molar-refractivity contribution in [3.63, 3.8) is 0 Å². The van der Waals surface area contributed by atoms with Crippen molar-refractivity contribution in [2.24, 2.45) is 0 Å². The molecular formula is C18H17BrFNO2. The van der Waals surface area contributed by atoms with Crippen LogP contribution in [-0.4, -0.2) is 29.0 Å². The van der Waals surface area contributed by atoms with Gasteiger partial charge in [-0.1, -0.05) is 28.1 Å². The molecule has 0 radical (unpaired) electrons. The van der Waals surface area contributed by atoms with Crippen molar-refractivity contribution in [3.8, 4) is 5.75 Å². The molecule has 3 rings (SSSR count). The van der Waals surface area contributed by atoms with E-state index in [1.165, 1.54) is 17.7 Å². The second kappa shape index (κ2) is 6.71. The van der Waals surface area contributed by atoms with Crippen LogP contribution in [0, 0.1) is 5.82 Å². The summed E-state index contributed by atoms with van der Waals surface area (Å²) in [6.07, 6.45) is 1.68. The van der Waals surface area contributed by atoms with E-state index in [9.17, 15) is 14.3 Å². The van der Waals surface area contributed by atoms with Crippen LogP contribution in [0.4, 0.5) is 4.39 Å². The first kappa shape index (κ1) is 16.0. The molecular weight excluding hydrogens is 361 g/mol. The van der Waals surface area contributed by atoms with Gasteiger partial charge in [0.25, 0.3) is 5.91 Å². The van der Waals surface area contributed by atoms with E-state index in [4.69, 9.17) is 0 Å². The molecule has 23 heavy (non-hydrogen) atoms. The summed E-state index contributed by atoms with van der Waals surface area (Å²) in [5.41, 5.74) is 1.29. The third kappa shape index (κ3) is 3.55. The smallest absolute Gasteiger partial charge is 0.256 e. The quantitative estimate of drug-likeness (QED) is 0.846. The molecule has 1 saturated heterocycles. The second-order valence-electron chi connectivity index (χ2n) is 5.78. The maximum atomic E-state index is 13.9. The molecule has 1 aliphatic heterocycles. The highest BCUT2D eigenvalue weighted by atomic mass is 79.9. The van der Waals surface area contributed by atoms with Crippen molar-refractivity contribution in [1.82, 2.24) is 4.90 Å². The Hall–Kier alpha value is -1.88. The van der Waals surface area contributed by atoms with Crippen molar-refractivity contribution in [3.05, 3.63) is 63.9 Å². The highest BCUT2D eigenvalue weighted by Crippen LogP contribution is 2.30. The number of hydrogen-bond acceptors (Lipinski definition) is 2. The Morgan fingerprint density at radius 3 is 2.39 bits per heavy atom. The second-order valence-corrected chi connectivity index (χ2v) is 6.70. The van der Waals surface area contributed by atoms with Gasteiger partial charge in [0.2, 0.25) is 0 Å². The zero-order chi connectivity index (χ0) is 16.4. The summed E-state index contributed by atoms with van der Waals surface area (Å²) < 4.78 is 14.6. The molecule has 2 aromatic carbocycles.